The summed E-state index contributed by atoms with van der Waals surface area (Å²) >= 11 is 0. The van der Waals surface area contributed by atoms with Crippen molar-refractivity contribution in [3.05, 3.63) is 59.8 Å². The number of benzene rings is 1. The van der Waals surface area contributed by atoms with Gasteiger partial charge in [0.15, 0.2) is 0 Å². The van der Waals surface area contributed by atoms with Crippen molar-refractivity contribution >= 4 is 11.8 Å². The molecule has 98 valence electrons. The molecule has 4 nitrogen and oxygen atoms in total. The molecule has 0 aliphatic heterocycles. The van der Waals surface area contributed by atoms with Gasteiger partial charge in [-0.25, -0.2) is 9.78 Å². The van der Waals surface area contributed by atoms with Gasteiger partial charge in [0.1, 0.15) is 5.82 Å². The largest absolute Gasteiger partial charge is 0.478 e. The third kappa shape index (κ3) is 3.31. The van der Waals surface area contributed by atoms with Crippen LogP contribution in [0.2, 0.25) is 0 Å². The van der Waals surface area contributed by atoms with Crippen LogP contribution in [-0.4, -0.2) is 22.6 Å². The Hall–Kier alpha value is -2.36. The molecule has 0 spiro atoms. The standard InChI is InChI=1S/C15H16N2O2/c1-2-17(11-12-6-4-3-5-7-12)14-9-8-13(10-16-14)15(18)19/h3-10H,2,11H2,1H3,(H,18,19). The molecule has 19 heavy (non-hydrogen) atoms. The predicted molar refractivity (Wildman–Crippen MR) is 74.4 cm³/mol. The first-order valence-electron chi connectivity index (χ1n) is 6.19. The average molecular weight is 256 g/mol. The molecule has 2 rings (SSSR count). The van der Waals surface area contributed by atoms with Crippen LogP contribution in [0.15, 0.2) is 48.7 Å². The molecule has 0 radical (unpaired) electrons. The van der Waals surface area contributed by atoms with Crippen LogP contribution in [0.4, 0.5) is 5.82 Å². The zero-order chi connectivity index (χ0) is 13.7. The van der Waals surface area contributed by atoms with Crippen molar-refractivity contribution in [3.8, 4) is 0 Å². The number of pyridine rings is 1. The fourth-order valence-electron chi connectivity index (χ4n) is 1.86. The van der Waals surface area contributed by atoms with Crippen molar-refractivity contribution in [1.29, 1.82) is 0 Å². The Morgan fingerprint density at radius 2 is 1.95 bits per heavy atom. The lowest BCUT2D eigenvalue weighted by molar-refractivity contribution is 0.0696. The number of carbonyl (C=O) groups is 1. The van der Waals surface area contributed by atoms with E-state index >= 15 is 0 Å². The summed E-state index contributed by atoms with van der Waals surface area (Å²) < 4.78 is 0. The molecule has 0 aliphatic carbocycles. The second kappa shape index (κ2) is 6.00. The molecular weight excluding hydrogens is 240 g/mol. The zero-order valence-electron chi connectivity index (χ0n) is 10.8. The average Bonchev–Trinajstić information content (AvgIpc) is 2.46. The third-order valence-electron chi connectivity index (χ3n) is 2.92. The Morgan fingerprint density at radius 1 is 1.21 bits per heavy atom. The summed E-state index contributed by atoms with van der Waals surface area (Å²) in [5.74, 6) is -0.165. The molecule has 1 heterocycles. The van der Waals surface area contributed by atoms with E-state index in [-0.39, 0.29) is 5.56 Å². The van der Waals surface area contributed by atoms with Gasteiger partial charge < -0.3 is 10.0 Å². The molecule has 0 aliphatic rings. The molecule has 0 unspecified atom stereocenters. The lowest BCUT2D eigenvalue weighted by atomic mass is 10.2. The quantitative estimate of drug-likeness (QED) is 0.893. The third-order valence-corrected chi connectivity index (χ3v) is 2.92. The Morgan fingerprint density at radius 3 is 2.47 bits per heavy atom. The van der Waals surface area contributed by atoms with E-state index in [1.54, 1.807) is 12.1 Å². The first kappa shape index (κ1) is 13.1. The van der Waals surface area contributed by atoms with Gasteiger partial charge in [0.05, 0.1) is 5.56 Å². The summed E-state index contributed by atoms with van der Waals surface area (Å²) in [6.45, 7) is 3.63. The topological polar surface area (TPSA) is 53.4 Å². The number of carboxylic acids is 1. The van der Waals surface area contributed by atoms with E-state index in [1.807, 2.05) is 18.2 Å². The molecule has 1 aromatic heterocycles. The Bertz CT molecular complexity index is 538. The molecule has 0 amide bonds. The van der Waals surface area contributed by atoms with Gasteiger partial charge in [0.25, 0.3) is 0 Å². The van der Waals surface area contributed by atoms with Gasteiger partial charge in [-0.2, -0.15) is 0 Å². The Balaban J connectivity index is 2.15. The number of hydrogen-bond acceptors (Lipinski definition) is 3. The maximum absolute atomic E-state index is 10.8. The molecule has 0 fully saturated rings. The highest BCUT2D eigenvalue weighted by molar-refractivity contribution is 5.87. The SMILES string of the molecule is CCN(Cc1ccccc1)c1ccc(C(=O)O)cn1. The van der Waals surface area contributed by atoms with Crippen molar-refractivity contribution in [2.24, 2.45) is 0 Å². The monoisotopic (exact) mass is 256 g/mol. The molecule has 0 atom stereocenters. The Kier molecular flexibility index (Phi) is 4.13. The summed E-state index contributed by atoms with van der Waals surface area (Å²) in [7, 11) is 0. The minimum absolute atomic E-state index is 0.208. The van der Waals surface area contributed by atoms with Crippen molar-refractivity contribution in [3.63, 3.8) is 0 Å². The van der Waals surface area contributed by atoms with E-state index in [2.05, 4.69) is 28.9 Å². The molecule has 0 bridgehead atoms. The van der Waals surface area contributed by atoms with Gasteiger partial charge in [-0.1, -0.05) is 30.3 Å². The molecule has 1 aromatic carbocycles. The van der Waals surface area contributed by atoms with Crippen LogP contribution in [0.5, 0.6) is 0 Å². The van der Waals surface area contributed by atoms with E-state index in [0.29, 0.717) is 0 Å². The number of nitrogens with zero attached hydrogens (tertiary/aromatic N) is 2. The van der Waals surface area contributed by atoms with Crippen LogP contribution in [-0.2, 0) is 6.54 Å². The molecule has 1 N–H and O–H groups in total. The molecule has 0 saturated carbocycles. The fourth-order valence-corrected chi connectivity index (χ4v) is 1.86. The first-order chi connectivity index (χ1) is 9.20. The minimum atomic E-state index is -0.954. The summed E-state index contributed by atoms with van der Waals surface area (Å²) in [6, 6.07) is 13.4. The van der Waals surface area contributed by atoms with Gasteiger partial charge in [0.2, 0.25) is 0 Å². The fraction of sp³-hybridized carbons (Fsp3) is 0.200. The first-order valence-corrected chi connectivity index (χ1v) is 6.19. The van der Waals surface area contributed by atoms with Gasteiger partial charge in [-0.15, -0.1) is 0 Å². The molecule has 0 saturated heterocycles. The highest BCUT2D eigenvalue weighted by Gasteiger charge is 2.08. The normalized spacial score (nSPS) is 10.2. The van der Waals surface area contributed by atoms with Gasteiger partial charge in [0, 0.05) is 19.3 Å². The number of rotatable bonds is 5. The van der Waals surface area contributed by atoms with Crippen molar-refractivity contribution in [1.82, 2.24) is 4.98 Å². The van der Waals surface area contributed by atoms with E-state index in [1.165, 1.54) is 11.8 Å². The van der Waals surface area contributed by atoms with Crippen LogP contribution in [0.3, 0.4) is 0 Å². The lowest BCUT2D eigenvalue weighted by Gasteiger charge is -2.22. The zero-order valence-corrected chi connectivity index (χ0v) is 10.8. The highest BCUT2D eigenvalue weighted by Crippen LogP contribution is 2.14. The van der Waals surface area contributed by atoms with Crippen molar-refractivity contribution in [2.75, 3.05) is 11.4 Å². The molecular formula is C15H16N2O2. The number of aromatic carboxylic acids is 1. The van der Waals surface area contributed by atoms with Crippen LogP contribution >= 0.6 is 0 Å². The number of carboxylic acid groups (broad SMARTS) is 1. The van der Waals surface area contributed by atoms with Crippen molar-refractivity contribution in [2.45, 2.75) is 13.5 Å². The van der Waals surface area contributed by atoms with E-state index < -0.39 is 5.97 Å². The maximum atomic E-state index is 10.8. The van der Waals surface area contributed by atoms with Gasteiger partial charge >= 0.3 is 5.97 Å². The summed E-state index contributed by atoms with van der Waals surface area (Å²) in [5, 5.41) is 8.85. The van der Waals surface area contributed by atoms with E-state index in [4.69, 9.17) is 5.11 Å². The number of anilines is 1. The highest BCUT2D eigenvalue weighted by atomic mass is 16.4. The lowest BCUT2D eigenvalue weighted by Crippen LogP contribution is -2.23. The summed E-state index contributed by atoms with van der Waals surface area (Å²) in [6.07, 6.45) is 1.39. The molecule has 2 aromatic rings. The van der Waals surface area contributed by atoms with Crippen LogP contribution < -0.4 is 4.90 Å². The predicted octanol–water partition coefficient (Wildman–Crippen LogP) is 2.81. The van der Waals surface area contributed by atoms with Gasteiger partial charge in [-0.3, -0.25) is 0 Å². The molecule has 4 heteroatoms. The van der Waals surface area contributed by atoms with Crippen LogP contribution in [0, 0.1) is 0 Å². The van der Waals surface area contributed by atoms with Crippen molar-refractivity contribution < 1.29 is 9.90 Å². The second-order valence-corrected chi connectivity index (χ2v) is 4.21. The summed E-state index contributed by atoms with van der Waals surface area (Å²) in [5.41, 5.74) is 1.41. The smallest absolute Gasteiger partial charge is 0.337 e. The summed E-state index contributed by atoms with van der Waals surface area (Å²) in [4.78, 5) is 17.1. The second-order valence-electron chi connectivity index (χ2n) is 4.21. The number of aromatic nitrogens is 1. The number of hydrogen-bond donors (Lipinski definition) is 1. The van der Waals surface area contributed by atoms with Gasteiger partial charge in [-0.05, 0) is 24.6 Å². The van der Waals surface area contributed by atoms with E-state index in [9.17, 15) is 4.79 Å². The van der Waals surface area contributed by atoms with E-state index in [0.717, 1.165) is 18.9 Å². The minimum Gasteiger partial charge on any atom is -0.478 e. The van der Waals surface area contributed by atoms with Crippen LogP contribution in [0.1, 0.15) is 22.8 Å². The van der Waals surface area contributed by atoms with Crippen LogP contribution in [0.25, 0.3) is 0 Å². The Labute approximate surface area is 112 Å². The maximum Gasteiger partial charge on any atom is 0.337 e.